The van der Waals surface area contributed by atoms with Gasteiger partial charge in [0.2, 0.25) is 10.5 Å². The summed E-state index contributed by atoms with van der Waals surface area (Å²) in [6, 6.07) is 11.2. The highest BCUT2D eigenvalue weighted by Gasteiger charge is 2.16. The van der Waals surface area contributed by atoms with Crippen LogP contribution in [-0.2, 0) is 19.8 Å². The van der Waals surface area contributed by atoms with Crippen molar-refractivity contribution in [2.24, 2.45) is 5.92 Å². The normalized spacial score (nSPS) is 12.0. The van der Waals surface area contributed by atoms with Crippen molar-refractivity contribution < 1.29 is 8.78 Å². The second-order valence-electron chi connectivity index (χ2n) is 8.48. The Morgan fingerprint density at radius 1 is 1.12 bits per heavy atom. The summed E-state index contributed by atoms with van der Waals surface area (Å²) in [5, 5.41) is 5.27. The Hall–Kier alpha value is -2.91. The maximum atomic E-state index is 13.6. The van der Waals surface area contributed by atoms with Crippen LogP contribution in [0.1, 0.15) is 25.8 Å². The zero-order chi connectivity index (χ0) is 23.0. The molecular weight excluding hydrogens is 432 g/mol. The maximum absolute atomic E-state index is 13.6. The minimum Gasteiger partial charge on any atom is -0.283 e. The van der Waals surface area contributed by atoms with Gasteiger partial charge in [0.05, 0.1) is 17.6 Å². The molecule has 0 aliphatic heterocycles. The third-order valence-electron chi connectivity index (χ3n) is 5.43. The van der Waals surface area contributed by atoms with Crippen molar-refractivity contribution in [3.05, 3.63) is 74.8 Å². The summed E-state index contributed by atoms with van der Waals surface area (Å²) in [5.74, 6) is -0.813. The van der Waals surface area contributed by atoms with Crippen molar-refractivity contribution in [1.29, 1.82) is 0 Å². The van der Waals surface area contributed by atoms with Crippen molar-refractivity contribution in [3.8, 4) is 0 Å². The van der Waals surface area contributed by atoms with Crippen molar-refractivity contribution in [1.82, 2.24) is 23.6 Å². The van der Waals surface area contributed by atoms with E-state index in [9.17, 15) is 13.6 Å². The molecule has 0 fully saturated rings. The summed E-state index contributed by atoms with van der Waals surface area (Å²) >= 11 is 5.73. The molecular formula is C23H25F2N5OS. The summed E-state index contributed by atoms with van der Waals surface area (Å²) in [6.07, 6.45) is 0.837. The minimum absolute atomic E-state index is 0.0870. The van der Waals surface area contributed by atoms with Gasteiger partial charge in [-0.2, -0.15) is 0 Å². The molecule has 0 aliphatic carbocycles. The molecule has 2 aromatic heterocycles. The second-order valence-corrected chi connectivity index (χ2v) is 8.84. The summed E-state index contributed by atoms with van der Waals surface area (Å²) in [6.45, 7) is 5.48. The van der Waals surface area contributed by atoms with Crippen LogP contribution >= 0.6 is 12.2 Å². The molecule has 0 aliphatic rings. The fourth-order valence-electron chi connectivity index (χ4n) is 3.78. The lowest BCUT2D eigenvalue weighted by molar-refractivity contribution is 0.244. The molecule has 32 heavy (non-hydrogen) atoms. The van der Waals surface area contributed by atoms with E-state index in [1.54, 1.807) is 21.4 Å². The number of aromatic nitrogens is 4. The number of nitrogens with zero attached hydrogens (tertiary/aromatic N) is 5. The molecule has 9 heteroatoms. The molecule has 0 unspecified atom stereocenters. The topological polar surface area (TPSA) is 47.5 Å². The first-order valence-corrected chi connectivity index (χ1v) is 10.9. The van der Waals surface area contributed by atoms with Crippen LogP contribution < -0.4 is 5.56 Å². The standard InChI is InChI=1S/C23H25F2N5OS/c1-15(2)10-11-28-21(31)17-6-4-5-7-20(17)30-22(28)26-29(23(30)32)14-27(3)13-16-8-9-18(24)19(25)12-16/h4-9,12,15H,10-11,13-14H2,1-3H3. The molecule has 0 radical (unpaired) electrons. The van der Waals surface area contributed by atoms with E-state index in [-0.39, 0.29) is 5.56 Å². The van der Waals surface area contributed by atoms with Gasteiger partial charge in [-0.1, -0.05) is 32.0 Å². The average Bonchev–Trinajstić information content (AvgIpc) is 3.06. The highest BCUT2D eigenvalue weighted by molar-refractivity contribution is 7.71. The lowest BCUT2D eigenvalue weighted by Gasteiger charge is -2.16. The van der Waals surface area contributed by atoms with Crippen LogP contribution in [0.3, 0.4) is 0 Å². The van der Waals surface area contributed by atoms with E-state index in [0.717, 1.165) is 12.5 Å². The Bertz CT molecular complexity index is 1410. The quantitative estimate of drug-likeness (QED) is 0.381. The predicted octanol–water partition coefficient (Wildman–Crippen LogP) is 4.59. The number of fused-ring (bicyclic) bond motifs is 3. The molecule has 168 valence electrons. The number of hydrogen-bond acceptors (Lipinski definition) is 4. The first-order chi connectivity index (χ1) is 15.3. The molecule has 0 bridgehead atoms. The second kappa shape index (κ2) is 8.91. The van der Waals surface area contributed by atoms with E-state index >= 15 is 0 Å². The third kappa shape index (κ3) is 4.22. The first-order valence-electron chi connectivity index (χ1n) is 10.5. The van der Waals surface area contributed by atoms with Crippen molar-refractivity contribution in [2.45, 2.75) is 40.0 Å². The molecule has 0 spiro atoms. The zero-order valence-electron chi connectivity index (χ0n) is 18.3. The minimum atomic E-state index is -0.874. The Morgan fingerprint density at radius 2 is 1.88 bits per heavy atom. The van der Waals surface area contributed by atoms with Gasteiger partial charge in [-0.25, -0.2) is 13.5 Å². The SMILES string of the molecule is CC(C)CCn1c(=O)c2ccccc2n2c(=S)n(CN(C)Cc3ccc(F)c(F)c3)nc12. The van der Waals surface area contributed by atoms with Gasteiger partial charge in [0.1, 0.15) is 0 Å². The highest BCUT2D eigenvalue weighted by atomic mass is 32.1. The van der Waals surface area contributed by atoms with Crippen molar-refractivity contribution >= 4 is 28.9 Å². The van der Waals surface area contributed by atoms with Gasteiger partial charge in [-0.3, -0.25) is 18.7 Å². The number of rotatable bonds is 7. The smallest absolute Gasteiger partial charge is 0.262 e. The lowest BCUT2D eigenvalue weighted by atomic mass is 10.1. The third-order valence-corrected chi connectivity index (χ3v) is 5.82. The summed E-state index contributed by atoms with van der Waals surface area (Å²) in [4.78, 5) is 15.1. The Morgan fingerprint density at radius 3 is 2.59 bits per heavy atom. The lowest BCUT2D eigenvalue weighted by Crippen LogP contribution is -2.24. The van der Waals surface area contributed by atoms with Gasteiger partial charge in [-0.05, 0) is 61.4 Å². The van der Waals surface area contributed by atoms with Crippen LogP contribution in [0, 0.1) is 22.3 Å². The first kappa shape index (κ1) is 22.3. The summed E-state index contributed by atoms with van der Waals surface area (Å²) < 4.78 is 32.4. The molecule has 6 nitrogen and oxygen atoms in total. The molecule has 0 atom stereocenters. The van der Waals surface area contributed by atoms with Gasteiger partial charge < -0.3 is 0 Å². The van der Waals surface area contributed by atoms with Crippen LogP contribution in [0.5, 0.6) is 0 Å². The molecule has 0 saturated heterocycles. The van der Waals surface area contributed by atoms with E-state index in [1.165, 1.54) is 6.07 Å². The van der Waals surface area contributed by atoms with E-state index in [1.807, 2.05) is 34.5 Å². The van der Waals surface area contributed by atoms with E-state index in [4.69, 9.17) is 12.2 Å². The largest absolute Gasteiger partial charge is 0.283 e. The summed E-state index contributed by atoms with van der Waals surface area (Å²) in [7, 11) is 1.84. The maximum Gasteiger partial charge on any atom is 0.262 e. The van der Waals surface area contributed by atoms with Gasteiger partial charge in [0, 0.05) is 13.1 Å². The van der Waals surface area contributed by atoms with Crippen LogP contribution in [0.2, 0.25) is 0 Å². The van der Waals surface area contributed by atoms with Gasteiger partial charge in [-0.15, -0.1) is 5.10 Å². The number of hydrogen-bond donors (Lipinski definition) is 0. The van der Waals surface area contributed by atoms with Crippen molar-refractivity contribution in [3.63, 3.8) is 0 Å². The molecule has 2 aromatic carbocycles. The van der Waals surface area contributed by atoms with Crippen LogP contribution in [0.25, 0.3) is 16.7 Å². The number of halogens is 2. The van der Waals surface area contributed by atoms with E-state index in [2.05, 4.69) is 18.9 Å². The van der Waals surface area contributed by atoms with Gasteiger partial charge >= 0.3 is 0 Å². The monoisotopic (exact) mass is 457 g/mol. The van der Waals surface area contributed by atoms with E-state index in [0.29, 0.717) is 52.7 Å². The molecule has 4 rings (SSSR count). The molecule has 0 amide bonds. The molecule has 2 heterocycles. The van der Waals surface area contributed by atoms with Gasteiger partial charge in [0.15, 0.2) is 11.6 Å². The number of aryl methyl sites for hydroxylation is 1. The predicted molar refractivity (Wildman–Crippen MR) is 123 cm³/mol. The Balaban J connectivity index is 1.75. The van der Waals surface area contributed by atoms with Crippen LogP contribution in [-0.4, -0.2) is 30.7 Å². The molecule has 0 saturated carbocycles. The van der Waals surface area contributed by atoms with Crippen molar-refractivity contribution in [2.75, 3.05) is 7.05 Å². The molecule has 0 N–H and O–H groups in total. The Kier molecular flexibility index (Phi) is 6.21. The fraction of sp³-hybridized carbons (Fsp3) is 0.348. The van der Waals surface area contributed by atoms with Gasteiger partial charge in [0.25, 0.3) is 5.56 Å². The highest BCUT2D eigenvalue weighted by Crippen LogP contribution is 2.16. The fourth-order valence-corrected chi connectivity index (χ4v) is 4.06. The average molecular weight is 458 g/mol. The Labute approximate surface area is 189 Å². The summed E-state index contributed by atoms with van der Waals surface area (Å²) in [5.41, 5.74) is 1.27. The number of benzene rings is 2. The van der Waals surface area contributed by atoms with E-state index < -0.39 is 11.6 Å². The molecule has 4 aromatic rings. The zero-order valence-corrected chi connectivity index (χ0v) is 19.1. The number of para-hydroxylation sites is 1. The van der Waals surface area contributed by atoms with Crippen LogP contribution in [0.4, 0.5) is 8.78 Å². The van der Waals surface area contributed by atoms with Crippen LogP contribution in [0.15, 0.2) is 47.3 Å².